The van der Waals surface area contributed by atoms with Gasteiger partial charge in [-0.3, -0.25) is 9.59 Å². The van der Waals surface area contributed by atoms with Gasteiger partial charge in [0.05, 0.1) is 17.2 Å². The number of benzene rings is 1. The van der Waals surface area contributed by atoms with E-state index in [2.05, 4.69) is 10.6 Å². The average molecular weight is 419 g/mol. The Morgan fingerprint density at radius 3 is 2.48 bits per heavy atom. The van der Waals surface area contributed by atoms with E-state index in [0.717, 1.165) is 0 Å². The molecule has 0 aliphatic carbocycles. The molecule has 27 heavy (non-hydrogen) atoms. The Morgan fingerprint density at radius 2 is 1.89 bits per heavy atom. The van der Waals surface area contributed by atoms with Gasteiger partial charge in [-0.15, -0.1) is 0 Å². The van der Waals surface area contributed by atoms with Crippen molar-refractivity contribution in [1.29, 1.82) is 0 Å². The van der Waals surface area contributed by atoms with Crippen molar-refractivity contribution in [2.24, 2.45) is 5.92 Å². The number of carbonyl (C=O) groups is 3. The third-order valence-electron chi connectivity index (χ3n) is 3.45. The van der Waals surface area contributed by atoms with Gasteiger partial charge in [0.25, 0.3) is 11.8 Å². The largest absolute Gasteiger partial charge is 0.454 e. The Hall–Kier alpha value is -1.83. The van der Waals surface area contributed by atoms with Crippen molar-refractivity contribution in [3.63, 3.8) is 0 Å². The fraction of sp³-hybridized carbons (Fsp3) is 0.500. The summed E-state index contributed by atoms with van der Waals surface area (Å²) >= 11 is 11.9. The predicted octanol–water partition coefficient (Wildman–Crippen LogP) is 2.44. The molecule has 7 nitrogen and oxygen atoms in total. The molecule has 9 heteroatoms. The SMILES string of the molecule is COCCNC(=O)COC(=O)[C@H](CC(C)C)NC(=O)c1ccc(Cl)cc1Cl. The first kappa shape index (κ1) is 23.2. The molecule has 0 saturated carbocycles. The molecule has 0 aliphatic heterocycles. The first-order chi connectivity index (χ1) is 12.7. The maximum atomic E-state index is 12.4. The Morgan fingerprint density at radius 1 is 1.19 bits per heavy atom. The van der Waals surface area contributed by atoms with Crippen LogP contribution in [0, 0.1) is 5.92 Å². The van der Waals surface area contributed by atoms with E-state index in [4.69, 9.17) is 32.7 Å². The molecule has 0 radical (unpaired) electrons. The van der Waals surface area contributed by atoms with Crippen LogP contribution in [0.1, 0.15) is 30.6 Å². The van der Waals surface area contributed by atoms with Gasteiger partial charge in [0.15, 0.2) is 6.61 Å². The summed E-state index contributed by atoms with van der Waals surface area (Å²) in [4.78, 5) is 36.4. The van der Waals surface area contributed by atoms with E-state index in [1.807, 2.05) is 13.8 Å². The van der Waals surface area contributed by atoms with Crippen molar-refractivity contribution in [3.05, 3.63) is 33.8 Å². The number of amides is 2. The molecule has 1 aromatic carbocycles. The summed E-state index contributed by atoms with van der Waals surface area (Å²) in [6, 6.07) is 3.54. The van der Waals surface area contributed by atoms with Gasteiger partial charge in [0.2, 0.25) is 0 Å². The molecular weight excluding hydrogens is 395 g/mol. The number of rotatable bonds is 10. The molecule has 0 saturated heterocycles. The minimum atomic E-state index is -0.906. The summed E-state index contributed by atoms with van der Waals surface area (Å²) in [5.74, 6) is -1.55. The number of nitrogens with one attached hydrogen (secondary N) is 2. The smallest absolute Gasteiger partial charge is 0.329 e. The standard InChI is InChI=1S/C18H24Cl2N2O5/c1-11(2)8-15(18(25)27-10-16(23)21-6-7-26-3)22-17(24)13-5-4-12(19)9-14(13)20/h4-5,9,11,15H,6-8,10H2,1-3H3,(H,21,23)(H,22,24)/t15-/m0/s1. The number of esters is 1. The maximum absolute atomic E-state index is 12.4. The monoisotopic (exact) mass is 418 g/mol. The summed E-state index contributed by atoms with van der Waals surface area (Å²) in [7, 11) is 1.51. The molecule has 1 rings (SSSR count). The van der Waals surface area contributed by atoms with Gasteiger partial charge in [-0.25, -0.2) is 4.79 Å². The highest BCUT2D eigenvalue weighted by atomic mass is 35.5. The van der Waals surface area contributed by atoms with Crippen LogP contribution in [0.25, 0.3) is 0 Å². The molecule has 0 aromatic heterocycles. The van der Waals surface area contributed by atoms with Crippen molar-refractivity contribution >= 4 is 41.0 Å². The first-order valence-corrected chi connectivity index (χ1v) is 9.18. The first-order valence-electron chi connectivity index (χ1n) is 8.42. The highest BCUT2D eigenvalue weighted by Crippen LogP contribution is 2.21. The quantitative estimate of drug-likeness (QED) is 0.449. The zero-order valence-corrected chi connectivity index (χ0v) is 17.0. The molecule has 0 heterocycles. The maximum Gasteiger partial charge on any atom is 0.329 e. The molecule has 150 valence electrons. The number of hydrogen-bond donors (Lipinski definition) is 2. The summed E-state index contributed by atoms with van der Waals surface area (Å²) < 4.78 is 9.84. The van der Waals surface area contributed by atoms with E-state index in [-0.39, 0.29) is 16.5 Å². The van der Waals surface area contributed by atoms with Crippen LogP contribution in [-0.4, -0.2) is 50.7 Å². The lowest BCUT2D eigenvalue weighted by Crippen LogP contribution is -2.44. The van der Waals surface area contributed by atoms with Crippen LogP contribution in [0.2, 0.25) is 10.0 Å². The average Bonchev–Trinajstić information content (AvgIpc) is 2.58. The van der Waals surface area contributed by atoms with Crippen LogP contribution in [0.3, 0.4) is 0 Å². The van der Waals surface area contributed by atoms with Crippen LogP contribution in [0.15, 0.2) is 18.2 Å². The number of hydrogen-bond acceptors (Lipinski definition) is 5. The lowest BCUT2D eigenvalue weighted by Gasteiger charge is -2.19. The van der Waals surface area contributed by atoms with Gasteiger partial charge in [-0.2, -0.15) is 0 Å². The van der Waals surface area contributed by atoms with E-state index in [0.29, 0.717) is 24.6 Å². The highest BCUT2D eigenvalue weighted by Gasteiger charge is 2.25. The van der Waals surface area contributed by atoms with Crippen molar-refractivity contribution in [1.82, 2.24) is 10.6 Å². The van der Waals surface area contributed by atoms with Crippen molar-refractivity contribution in [2.75, 3.05) is 26.9 Å². The molecule has 2 amide bonds. The van der Waals surface area contributed by atoms with Gasteiger partial charge in [-0.1, -0.05) is 37.0 Å². The lowest BCUT2D eigenvalue weighted by molar-refractivity contribution is -0.150. The molecule has 2 N–H and O–H groups in total. The number of ether oxygens (including phenoxy) is 2. The molecule has 0 unspecified atom stereocenters. The zero-order chi connectivity index (χ0) is 20.4. The number of carbonyl (C=O) groups excluding carboxylic acids is 3. The van der Waals surface area contributed by atoms with Crippen LogP contribution in [0.5, 0.6) is 0 Å². The fourth-order valence-electron chi connectivity index (χ4n) is 2.18. The van der Waals surface area contributed by atoms with E-state index in [1.54, 1.807) is 0 Å². The predicted molar refractivity (Wildman–Crippen MR) is 103 cm³/mol. The van der Waals surface area contributed by atoms with Crippen LogP contribution < -0.4 is 10.6 Å². The van der Waals surface area contributed by atoms with Crippen molar-refractivity contribution < 1.29 is 23.9 Å². The molecule has 1 aromatic rings. The molecule has 0 aliphatic rings. The molecule has 0 bridgehead atoms. The van der Waals surface area contributed by atoms with Gasteiger partial charge < -0.3 is 20.1 Å². The van der Waals surface area contributed by atoms with Gasteiger partial charge in [0.1, 0.15) is 6.04 Å². The van der Waals surface area contributed by atoms with E-state index >= 15 is 0 Å². The van der Waals surface area contributed by atoms with E-state index in [9.17, 15) is 14.4 Å². The number of halogens is 2. The third-order valence-corrected chi connectivity index (χ3v) is 3.99. The van der Waals surface area contributed by atoms with Gasteiger partial charge in [0, 0.05) is 18.7 Å². The Balaban J connectivity index is 2.69. The topological polar surface area (TPSA) is 93.7 Å². The van der Waals surface area contributed by atoms with E-state index in [1.165, 1.54) is 25.3 Å². The molecule has 0 fully saturated rings. The van der Waals surface area contributed by atoms with Gasteiger partial charge >= 0.3 is 5.97 Å². The minimum absolute atomic E-state index is 0.110. The Bertz CT molecular complexity index is 667. The zero-order valence-electron chi connectivity index (χ0n) is 15.5. The summed E-state index contributed by atoms with van der Waals surface area (Å²) in [6.07, 6.45) is 0.348. The molecule has 0 spiro atoms. The number of methoxy groups -OCH3 is 1. The van der Waals surface area contributed by atoms with Gasteiger partial charge in [-0.05, 0) is 30.5 Å². The highest BCUT2D eigenvalue weighted by molar-refractivity contribution is 6.36. The fourth-order valence-corrected chi connectivity index (χ4v) is 2.67. The second kappa shape index (κ2) is 11.8. The molecule has 1 atom stereocenters. The molecular formula is C18H24Cl2N2O5. The second-order valence-electron chi connectivity index (χ2n) is 6.23. The minimum Gasteiger partial charge on any atom is -0.454 e. The summed E-state index contributed by atoms with van der Waals surface area (Å²) in [5, 5.41) is 5.72. The van der Waals surface area contributed by atoms with Crippen LogP contribution in [-0.2, 0) is 19.1 Å². The summed E-state index contributed by atoms with van der Waals surface area (Å²) in [6.45, 7) is 4.04. The van der Waals surface area contributed by atoms with Crippen LogP contribution >= 0.6 is 23.2 Å². The van der Waals surface area contributed by atoms with E-state index < -0.39 is 30.4 Å². The Kier molecular flexibility index (Phi) is 10.1. The normalized spacial score (nSPS) is 11.8. The Labute approximate surface area is 168 Å². The summed E-state index contributed by atoms with van der Waals surface area (Å²) in [5.41, 5.74) is 0.194. The van der Waals surface area contributed by atoms with Crippen LogP contribution in [0.4, 0.5) is 0 Å². The van der Waals surface area contributed by atoms with Crippen molar-refractivity contribution in [3.8, 4) is 0 Å². The second-order valence-corrected chi connectivity index (χ2v) is 7.07. The lowest BCUT2D eigenvalue weighted by atomic mass is 10.0. The van der Waals surface area contributed by atoms with Crippen molar-refractivity contribution in [2.45, 2.75) is 26.3 Å². The third kappa shape index (κ3) is 8.60.